The van der Waals surface area contributed by atoms with Gasteiger partial charge in [-0.2, -0.15) is 0 Å². The zero-order chi connectivity index (χ0) is 21.5. The minimum Gasteiger partial charge on any atom is -0.480 e. The Morgan fingerprint density at radius 1 is 1.41 bits per heavy atom. The van der Waals surface area contributed by atoms with Gasteiger partial charge in [0.05, 0.1) is 5.75 Å². The van der Waals surface area contributed by atoms with Crippen molar-refractivity contribution in [1.29, 1.82) is 0 Å². The van der Waals surface area contributed by atoms with E-state index in [1.165, 1.54) is 18.8 Å². The number of tetrazole rings is 1. The van der Waals surface area contributed by atoms with Crippen LogP contribution >= 0.6 is 11.8 Å². The highest BCUT2D eigenvalue weighted by Crippen LogP contribution is 2.39. The van der Waals surface area contributed by atoms with Crippen molar-refractivity contribution < 1.29 is 32.6 Å². The number of amides is 2. The molecule has 13 nitrogen and oxygen atoms in total. The van der Waals surface area contributed by atoms with Crippen molar-refractivity contribution in [3.05, 3.63) is 11.3 Å². The van der Waals surface area contributed by atoms with Crippen molar-refractivity contribution in [2.45, 2.75) is 16.6 Å². The van der Waals surface area contributed by atoms with Crippen LogP contribution in [-0.4, -0.2) is 105 Å². The third-order valence-electron chi connectivity index (χ3n) is 4.45. The van der Waals surface area contributed by atoms with E-state index in [1.54, 1.807) is 7.05 Å². The van der Waals surface area contributed by atoms with Gasteiger partial charge in [-0.15, -0.1) is 5.10 Å². The van der Waals surface area contributed by atoms with Crippen LogP contribution < -0.4 is 0 Å². The average Bonchev–Trinajstić information content (AvgIpc) is 3.04. The smallest absolute Gasteiger partial charge is 0.323 e. The number of aromatic nitrogens is 4. The van der Waals surface area contributed by atoms with Crippen LogP contribution in [0.5, 0.6) is 0 Å². The Morgan fingerprint density at radius 3 is 2.66 bits per heavy atom. The highest BCUT2D eigenvalue weighted by Gasteiger charge is 2.60. The summed E-state index contributed by atoms with van der Waals surface area (Å²) in [7, 11) is 0.249. The van der Waals surface area contributed by atoms with Crippen molar-refractivity contribution in [3.63, 3.8) is 0 Å². The van der Waals surface area contributed by atoms with Gasteiger partial charge in [0.25, 0.3) is 11.8 Å². The monoisotopic (exact) mass is 446 g/mol. The van der Waals surface area contributed by atoms with Crippen LogP contribution in [0.2, 0.25) is 0 Å². The summed E-state index contributed by atoms with van der Waals surface area (Å²) < 4.78 is 31.8. The molecule has 0 aliphatic carbocycles. The predicted molar refractivity (Wildman–Crippen MR) is 97.0 cm³/mol. The lowest BCUT2D eigenvalue weighted by Crippen LogP contribution is -2.71. The summed E-state index contributed by atoms with van der Waals surface area (Å²) in [5.41, 5.74) is 0.0221. The third kappa shape index (κ3) is 3.72. The van der Waals surface area contributed by atoms with Crippen molar-refractivity contribution in [3.8, 4) is 0 Å². The Bertz CT molecular complexity index is 1000. The summed E-state index contributed by atoms with van der Waals surface area (Å²) in [5, 5.41) is 19.0. The molecule has 1 fully saturated rings. The lowest BCUT2D eigenvalue weighted by Gasteiger charge is -2.49. The molecule has 0 unspecified atom stereocenters. The highest BCUT2D eigenvalue weighted by molar-refractivity contribution is 7.99. The standard InChI is InChI=1S/C14H18N6O7S2/c1-18(4-8(21)22)11(23)9-7(5-28-14-15-16-17-19(14)2)6-29(25,26)13-10(27-3)12(24)20(9)13/h10,13H,4-6H2,1-3H3,(H,21,22)/t10-,13+/m0/s1. The largest absolute Gasteiger partial charge is 0.480 e. The van der Waals surface area contributed by atoms with Gasteiger partial charge < -0.3 is 14.7 Å². The molecule has 2 atom stereocenters. The molecule has 1 aromatic heterocycles. The molecule has 0 bridgehead atoms. The van der Waals surface area contributed by atoms with E-state index in [2.05, 4.69) is 15.5 Å². The number of carbonyl (C=O) groups excluding carboxylic acids is 2. The molecule has 2 amide bonds. The Balaban J connectivity index is 2.01. The van der Waals surface area contributed by atoms with Gasteiger partial charge in [0.1, 0.15) is 12.2 Å². The van der Waals surface area contributed by atoms with Gasteiger partial charge in [0, 0.05) is 27.0 Å². The van der Waals surface area contributed by atoms with E-state index in [4.69, 9.17) is 9.84 Å². The molecule has 0 radical (unpaired) electrons. The fourth-order valence-corrected chi connectivity index (χ4v) is 6.14. The molecule has 0 aromatic carbocycles. The fourth-order valence-electron chi connectivity index (χ4n) is 3.12. The van der Waals surface area contributed by atoms with E-state index in [-0.39, 0.29) is 17.0 Å². The Morgan fingerprint density at radius 2 is 2.10 bits per heavy atom. The molecule has 158 valence electrons. The Labute approximate surface area is 169 Å². The number of aryl methyl sites for hydroxylation is 1. The van der Waals surface area contributed by atoms with Crippen LogP contribution in [0, 0.1) is 0 Å². The van der Waals surface area contributed by atoms with Crippen molar-refractivity contribution in [2.75, 3.05) is 32.2 Å². The maximum atomic E-state index is 12.9. The number of thioether (sulfide) groups is 1. The predicted octanol–water partition coefficient (Wildman–Crippen LogP) is -2.29. The van der Waals surface area contributed by atoms with E-state index < -0.39 is 51.4 Å². The van der Waals surface area contributed by atoms with Crippen molar-refractivity contribution in [2.24, 2.45) is 7.05 Å². The number of methoxy groups -OCH3 is 1. The lowest BCUT2D eigenvalue weighted by atomic mass is 10.0. The number of fused-ring (bicyclic) bond motifs is 1. The van der Waals surface area contributed by atoms with Crippen LogP contribution in [0.1, 0.15) is 0 Å². The molecule has 0 saturated carbocycles. The number of rotatable bonds is 7. The highest BCUT2D eigenvalue weighted by atomic mass is 32.2. The average molecular weight is 446 g/mol. The number of β-lactam (4-membered cyclic amide) rings is 1. The number of carboxylic acids is 1. The van der Waals surface area contributed by atoms with Gasteiger partial charge in [-0.3, -0.25) is 19.3 Å². The molecule has 3 rings (SSSR count). The first-order chi connectivity index (χ1) is 13.6. The van der Waals surface area contributed by atoms with Crippen LogP contribution in [-0.2, 0) is 36.0 Å². The SMILES string of the molecule is CO[C@H]1C(=O)N2C(C(=O)N(C)CC(=O)O)=C(CSc3nnnn3C)CS(=O)(=O)[C@H]12. The van der Waals surface area contributed by atoms with Gasteiger partial charge in [-0.25, -0.2) is 13.1 Å². The summed E-state index contributed by atoms with van der Waals surface area (Å²) in [6, 6.07) is 0. The Kier molecular flexibility index (Phi) is 5.64. The van der Waals surface area contributed by atoms with Crippen LogP contribution in [0.25, 0.3) is 0 Å². The Hall–Kier alpha value is -2.52. The molecule has 2 aliphatic heterocycles. The van der Waals surface area contributed by atoms with Crippen molar-refractivity contribution in [1.82, 2.24) is 30.0 Å². The second-order valence-corrected chi connectivity index (χ2v) is 9.48. The number of ether oxygens (including phenoxy) is 1. The molecule has 29 heavy (non-hydrogen) atoms. The molecule has 2 aliphatic rings. The summed E-state index contributed by atoms with van der Waals surface area (Å²) in [6.45, 7) is -0.608. The maximum Gasteiger partial charge on any atom is 0.323 e. The second kappa shape index (κ2) is 7.72. The van der Waals surface area contributed by atoms with Crippen LogP contribution in [0.4, 0.5) is 0 Å². The zero-order valence-electron chi connectivity index (χ0n) is 15.7. The number of nitrogens with zero attached hydrogens (tertiary/aromatic N) is 6. The zero-order valence-corrected chi connectivity index (χ0v) is 17.3. The summed E-state index contributed by atoms with van der Waals surface area (Å²) in [6.07, 6.45) is -1.20. The van der Waals surface area contributed by atoms with E-state index in [0.717, 1.165) is 21.6 Å². The third-order valence-corrected chi connectivity index (χ3v) is 7.49. The van der Waals surface area contributed by atoms with Gasteiger partial charge in [-0.05, 0) is 16.0 Å². The minimum absolute atomic E-state index is 0.0174. The van der Waals surface area contributed by atoms with Crippen LogP contribution in [0.3, 0.4) is 0 Å². The molecule has 1 N–H and O–H groups in total. The maximum absolute atomic E-state index is 12.9. The number of carbonyl (C=O) groups is 3. The van der Waals surface area contributed by atoms with Gasteiger partial charge in [-0.1, -0.05) is 11.8 Å². The molecular formula is C14H18N6O7S2. The lowest BCUT2D eigenvalue weighted by molar-refractivity contribution is -0.161. The normalized spacial score (nSPS) is 22.9. The topological polar surface area (TPSA) is 165 Å². The minimum atomic E-state index is -3.82. The number of sulfone groups is 1. The van der Waals surface area contributed by atoms with Crippen LogP contribution in [0.15, 0.2) is 16.4 Å². The molecule has 15 heteroatoms. The van der Waals surface area contributed by atoms with Crippen molar-refractivity contribution >= 4 is 39.4 Å². The fraction of sp³-hybridized carbons (Fsp3) is 0.571. The summed E-state index contributed by atoms with van der Waals surface area (Å²) >= 11 is 1.09. The molecule has 1 saturated heterocycles. The van der Waals surface area contributed by atoms with E-state index >= 15 is 0 Å². The second-order valence-electron chi connectivity index (χ2n) is 6.44. The number of hydrogen-bond donors (Lipinski definition) is 1. The summed E-state index contributed by atoms with van der Waals surface area (Å²) in [5.74, 6) is -3.13. The quantitative estimate of drug-likeness (QED) is 0.354. The summed E-state index contributed by atoms with van der Waals surface area (Å²) in [4.78, 5) is 38.2. The van der Waals surface area contributed by atoms with E-state index in [0.29, 0.717) is 5.16 Å². The number of aliphatic carboxylic acids is 1. The first kappa shape index (κ1) is 21.2. The number of hydrogen-bond acceptors (Lipinski definition) is 10. The first-order valence-electron chi connectivity index (χ1n) is 8.20. The molecule has 1 aromatic rings. The van der Waals surface area contributed by atoms with Gasteiger partial charge >= 0.3 is 5.97 Å². The van der Waals surface area contributed by atoms with E-state index in [9.17, 15) is 22.8 Å². The molecular weight excluding hydrogens is 428 g/mol. The van der Waals surface area contributed by atoms with Gasteiger partial charge in [0.2, 0.25) is 5.16 Å². The number of likely N-dealkylation sites (N-methyl/N-ethyl adjacent to an activating group) is 1. The molecule has 0 spiro atoms. The van der Waals surface area contributed by atoms with E-state index in [1.807, 2.05) is 0 Å². The number of carboxylic acid groups (broad SMARTS) is 1. The first-order valence-corrected chi connectivity index (χ1v) is 10.9. The van der Waals surface area contributed by atoms with Gasteiger partial charge in [0.15, 0.2) is 21.3 Å². The molecule has 3 heterocycles.